The molecule has 1 rings (SSSR count). The third kappa shape index (κ3) is 13.7. The molecule has 8 nitrogen and oxygen atoms in total. The summed E-state index contributed by atoms with van der Waals surface area (Å²) < 4.78 is 91.3. The van der Waals surface area contributed by atoms with Crippen LogP contribution < -0.4 is 10.1 Å². The van der Waals surface area contributed by atoms with E-state index < -0.39 is 47.2 Å². The molecule has 1 N–H and O–H groups in total. The maximum Gasteiger partial charge on any atom is 0.313 e. The molecule has 0 aliphatic carbocycles. The van der Waals surface area contributed by atoms with Gasteiger partial charge in [0.1, 0.15) is 0 Å². The van der Waals surface area contributed by atoms with Gasteiger partial charge in [0, 0.05) is 13.0 Å². The van der Waals surface area contributed by atoms with Gasteiger partial charge in [-0.25, -0.2) is 13.2 Å². The quantitative estimate of drug-likeness (QED) is 0.0754. The number of carbonyl (C=O) groups is 2. The average Bonchev–Trinajstić information content (AvgIpc) is 2.83. The van der Waals surface area contributed by atoms with Crippen molar-refractivity contribution in [3.63, 3.8) is 0 Å². The van der Waals surface area contributed by atoms with E-state index in [4.69, 9.17) is 18.9 Å². The molecule has 13 heteroatoms. The SMILES string of the molecule is CC(C)(C)CCNC(=O)CCOCCOCCOCCOCCC(=O)Oc1c(F)c(F)c(F)c(F)c1F. The normalized spacial score (nSPS) is 11.6. The van der Waals surface area contributed by atoms with Gasteiger partial charge in [-0.3, -0.25) is 9.59 Å². The summed E-state index contributed by atoms with van der Waals surface area (Å²) in [5.74, 6) is -14.2. The highest BCUT2D eigenvalue weighted by atomic mass is 19.2. The van der Waals surface area contributed by atoms with Gasteiger partial charge >= 0.3 is 5.97 Å². The summed E-state index contributed by atoms with van der Waals surface area (Å²) in [6.07, 6.45) is 0.690. The Bertz CT molecular complexity index is 836. The number of nitrogens with one attached hydrogen (secondary N) is 1. The zero-order valence-corrected chi connectivity index (χ0v) is 21.2. The largest absolute Gasteiger partial charge is 0.420 e. The van der Waals surface area contributed by atoms with Crippen molar-refractivity contribution in [2.24, 2.45) is 5.41 Å². The predicted molar refractivity (Wildman–Crippen MR) is 121 cm³/mol. The molecule has 1 amide bonds. The van der Waals surface area contributed by atoms with Crippen LogP contribution in [0.15, 0.2) is 0 Å². The molecule has 0 aliphatic rings. The molecule has 0 bridgehead atoms. The molecule has 0 saturated carbocycles. The van der Waals surface area contributed by atoms with Crippen molar-refractivity contribution in [2.75, 3.05) is 59.4 Å². The molecule has 0 radical (unpaired) electrons. The second-order valence-electron chi connectivity index (χ2n) is 8.98. The number of halogens is 5. The average molecular weight is 544 g/mol. The summed E-state index contributed by atoms with van der Waals surface area (Å²) in [5.41, 5.74) is 0.167. The molecule has 0 aliphatic heterocycles. The molecule has 1 aromatic carbocycles. The van der Waals surface area contributed by atoms with E-state index in [0.29, 0.717) is 33.0 Å². The molecular weight excluding hydrogens is 509 g/mol. The number of carbonyl (C=O) groups excluding carboxylic acids is 2. The minimum Gasteiger partial charge on any atom is -0.420 e. The number of amides is 1. The maximum atomic E-state index is 13.5. The van der Waals surface area contributed by atoms with Crippen LogP contribution in [-0.4, -0.2) is 71.3 Å². The Morgan fingerprint density at radius 1 is 0.649 bits per heavy atom. The number of hydrogen-bond donors (Lipinski definition) is 1. The number of rotatable bonds is 18. The van der Waals surface area contributed by atoms with E-state index in [0.717, 1.165) is 6.42 Å². The molecule has 0 aromatic heterocycles. The van der Waals surface area contributed by atoms with Crippen molar-refractivity contribution in [3.8, 4) is 5.75 Å². The number of benzene rings is 1. The summed E-state index contributed by atoms with van der Waals surface area (Å²) in [4.78, 5) is 23.2. The molecule has 37 heavy (non-hydrogen) atoms. The van der Waals surface area contributed by atoms with Crippen LogP contribution in [0.5, 0.6) is 5.75 Å². The highest BCUT2D eigenvalue weighted by Crippen LogP contribution is 2.29. The summed E-state index contributed by atoms with van der Waals surface area (Å²) in [7, 11) is 0. The lowest BCUT2D eigenvalue weighted by atomic mass is 9.92. The second-order valence-corrected chi connectivity index (χ2v) is 8.98. The Balaban J connectivity index is 1.97. The zero-order valence-electron chi connectivity index (χ0n) is 21.2. The van der Waals surface area contributed by atoms with E-state index in [-0.39, 0.29) is 44.2 Å². The highest BCUT2D eigenvalue weighted by molar-refractivity contribution is 5.75. The van der Waals surface area contributed by atoms with Crippen LogP contribution in [0.4, 0.5) is 22.0 Å². The minimum atomic E-state index is -2.35. The second kappa shape index (κ2) is 17.2. The monoisotopic (exact) mass is 543 g/mol. The van der Waals surface area contributed by atoms with Crippen LogP contribution in [0.2, 0.25) is 0 Å². The van der Waals surface area contributed by atoms with Crippen molar-refractivity contribution in [1.29, 1.82) is 0 Å². The third-order valence-electron chi connectivity index (χ3n) is 4.62. The number of ether oxygens (including phenoxy) is 5. The van der Waals surface area contributed by atoms with Gasteiger partial charge in [-0.2, -0.15) is 8.78 Å². The molecule has 0 saturated heterocycles. The Hall–Kier alpha value is -2.35. The Labute approximate surface area is 212 Å². The molecule has 212 valence electrons. The lowest BCUT2D eigenvalue weighted by molar-refractivity contribution is -0.136. The van der Waals surface area contributed by atoms with Crippen molar-refractivity contribution in [1.82, 2.24) is 5.32 Å². The smallest absolute Gasteiger partial charge is 0.313 e. The molecule has 0 heterocycles. The Kier molecular flexibility index (Phi) is 15.2. The molecule has 0 unspecified atom stereocenters. The number of hydrogen-bond acceptors (Lipinski definition) is 7. The van der Waals surface area contributed by atoms with Gasteiger partial charge in [0.25, 0.3) is 0 Å². The van der Waals surface area contributed by atoms with E-state index in [2.05, 4.69) is 30.8 Å². The molecular formula is C24H34F5NO7. The van der Waals surface area contributed by atoms with Gasteiger partial charge in [0.2, 0.25) is 40.7 Å². The Morgan fingerprint density at radius 2 is 1.05 bits per heavy atom. The van der Waals surface area contributed by atoms with Gasteiger partial charge in [-0.05, 0) is 11.8 Å². The predicted octanol–water partition coefficient (Wildman–Crippen LogP) is 3.69. The first-order valence-corrected chi connectivity index (χ1v) is 11.7. The molecule has 0 atom stereocenters. The third-order valence-corrected chi connectivity index (χ3v) is 4.62. The minimum absolute atomic E-state index is 0.0564. The van der Waals surface area contributed by atoms with Crippen molar-refractivity contribution < 1.29 is 55.2 Å². The van der Waals surface area contributed by atoms with E-state index >= 15 is 0 Å². The topological polar surface area (TPSA) is 92.3 Å². The maximum absolute atomic E-state index is 13.5. The van der Waals surface area contributed by atoms with Gasteiger partial charge < -0.3 is 29.0 Å². The number of esters is 1. The van der Waals surface area contributed by atoms with Gasteiger partial charge in [-0.1, -0.05) is 20.8 Å². The summed E-state index contributed by atoms with van der Waals surface area (Å²) in [6, 6.07) is 0. The first-order chi connectivity index (χ1) is 17.4. The van der Waals surface area contributed by atoms with Crippen molar-refractivity contribution >= 4 is 11.9 Å². The summed E-state index contributed by atoms with van der Waals surface area (Å²) in [6.45, 7) is 8.50. The first kappa shape index (κ1) is 32.7. The van der Waals surface area contributed by atoms with Crippen LogP contribution in [0.3, 0.4) is 0 Å². The van der Waals surface area contributed by atoms with Crippen LogP contribution in [-0.2, 0) is 28.5 Å². The molecule has 0 spiro atoms. The van der Waals surface area contributed by atoms with Crippen LogP contribution in [0.1, 0.15) is 40.0 Å². The fraction of sp³-hybridized carbons (Fsp3) is 0.667. The van der Waals surface area contributed by atoms with Gasteiger partial charge in [0.15, 0.2) is 0 Å². The lowest BCUT2D eigenvalue weighted by Gasteiger charge is -2.17. The van der Waals surface area contributed by atoms with Crippen LogP contribution in [0.25, 0.3) is 0 Å². The zero-order chi connectivity index (χ0) is 27.8. The van der Waals surface area contributed by atoms with E-state index in [1.165, 1.54) is 0 Å². The summed E-state index contributed by atoms with van der Waals surface area (Å²) in [5, 5.41) is 2.84. The first-order valence-electron chi connectivity index (χ1n) is 11.7. The van der Waals surface area contributed by atoms with E-state index in [1.807, 2.05) is 0 Å². The standard InChI is InChI=1S/C24H34F5NO7/c1-24(2,3)6-7-30-16(31)4-8-33-10-12-35-14-15-36-13-11-34-9-5-17(32)37-23-21(28)19(26)18(25)20(27)22(23)29/h4-15H2,1-3H3,(H,30,31). The molecule has 0 fully saturated rings. The van der Waals surface area contributed by atoms with Crippen molar-refractivity contribution in [2.45, 2.75) is 40.0 Å². The van der Waals surface area contributed by atoms with Gasteiger partial charge in [0.05, 0.1) is 59.3 Å². The van der Waals surface area contributed by atoms with E-state index in [9.17, 15) is 31.5 Å². The van der Waals surface area contributed by atoms with Crippen LogP contribution in [0, 0.1) is 34.5 Å². The lowest BCUT2D eigenvalue weighted by Crippen LogP contribution is -2.28. The fourth-order valence-corrected chi connectivity index (χ4v) is 2.59. The fourth-order valence-electron chi connectivity index (χ4n) is 2.59. The molecule has 1 aromatic rings. The van der Waals surface area contributed by atoms with E-state index in [1.54, 1.807) is 0 Å². The Morgan fingerprint density at radius 3 is 1.51 bits per heavy atom. The van der Waals surface area contributed by atoms with Crippen LogP contribution >= 0.6 is 0 Å². The van der Waals surface area contributed by atoms with Gasteiger partial charge in [-0.15, -0.1) is 0 Å². The summed E-state index contributed by atoms with van der Waals surface area (Å²) >= 11 is 0. The highest BCUT2D eigenvalue weighted by Gasteiger charge is 2.28. The van der Waals surface area contributed by atoms with Crippen molar-refractivity contribution in [3.05, 3.63) is 29.1 Å².